The largest absolute Gasteiger partial charge is 0.491 e. The fourth-order valence-corrected chi connectivity index (χ4v) is 3.40. The van der Waals surface area contributed by atoms with Crippen molar-refractivity contribution in [3.05, 3.63) is 71.3 Å². The van der Waals surface area contributed by atoms with E-state index in [1.165, 1.54) is 6.08 Å². The van der Waals surface area contributed by atoms with Crippen LogP contribution in [0.1, 0.15) is 37.8 Å². The molecule has 30 heavy (non-hydrogen) atoms. The summed E-state index contributed by atoms with van der Waals surface area (Å²) in [6.45, 7) is 4.28. The monoisotopic (exact) mass is 412 g/mol. The van der Waals surface area contributed by atoms with Gasteiger partial charge in [-0.3, -0.25) is 0 Å². The van der Waals surface area contributed by atoms with Gasteiger partial charge in [0.1, 0.15) is 24.7 Å². The zero-order valence-corrected chi connectivity index (χ0v) is 17.2. The number of ether oxygens (including phenoxy) is 2. The zero-order chi connectivity index (χ0) is 21.7. The van der Waals surface area contributed by atoms with Gasteiger partial charge in [0.2, 0.25) is 0 Å². The number of hydrogen-bond acceptors (Lipinski definition) is 5. The maximum Gasteiger partial charge on any atom is 0.331 e. The molecule has 0 saturated heterocycles. The number of aliphatic hydroxyl groups is 2. The van der Waals surface area contributed by atoms with Gasteiger partial charge in [0.05, 0.1) is 12.2 Å². The molecule has 3 aliphatic rings. The van der Waals surface area contributed by atoms with E-state index in [0.29, 0.717) is 11.5 Å². The molecule has 3 N–H and O–H groups in total. The van der Waals surface area contributed by atoms with Crippen molar-refractivity contribution in [2.75, 3.05) is 13.2 Å². The Balaban J connectivity index is 1.89. The summed E-state index contributed by atoms with van der Waals surface area (Å²) < 4.78 is 11.3. The average Bonchev–Trinajstić information content (AvgIpc) is 2.73. The molecule has 0 spiro atoms. The molecule has 0 amide bonds. The van der Waals surface area contributed by atoms with Crippen LogP contribution in [0, 0.1) is 0 Å². The highest BCUT2D eigenvalue weighted by atomic mass is 16.5. The van der Waals surface area contributed by atoms with Gasteiger partial charge in [-0.05, 0) is 41.8 Å². The van der Waals surface area contributed by atoms with Crippen LogP contribution in [0.5, 0.6) is 11.5 Å². The topological polar surface area (TPSA) is 96.2 Å². The van der Waals surface area contributed by atoms with Crippen LogP contribution in [0.2, 0.25) is 0 Å². The molecule has 2 aromatic rings. The highest BCUT2D eigenvalue weighted by molar-refractivity contribution is 5.86. The van der Waals surface area contributed by atoms with Crippen molar-refractivity contribution in [2.24, 2.45) is 0 Å². The number of benzene rings is 2. The van der Waals surface area contributed by atoms with Crippen LogP contribution in [0.15, 0.2) is 60.2 Å². The van der Waals surface area contributed by atoms with Crippen LogP contribution in [-0.2, 0) is 10.2 Å². The Morgan fingerprint density at radius 2 is 1.33 bits per heavy atom. The Kier molecular flexibility index (Phi) is 6.80. The molecule has 0 saturated carbocycles. The second-order valence-electron chi connectivity index (χ2n) is 8.08. The number of carboxylic acids is 1. The van der Waals surface area contributed by atoms with Crippen molar-refractivity contribution in [2.45, 2.75) is 44.3 Å². The third-order valence-electron chi connectivity index (χ3n) is 5.40. The lowest BCUT2D eigenvalue weighted by Gasteiger charge is -2.26. The van der Waals surface area contributed by atoms with E-state index < -0.39 is 18.2 Å². The summed E-state index contributed by atoms with van der Waals surface area (Å²) in [6, 6.07) is 15.4. The minimum atomic E-state index is -1.13. The van der Waals surface area contributed by atoms with Gasteiger partial charge in [-0.15, -0.1) is 0 Å². The first-order valence-corrected chi connectivity index (χ1v) is 10.0. The van der Waals surface area contributed by atoms with E-state index in [9.17, 15) is 20.1 Å². The summed E-state index contributed by atoms with van der Waals surface area (Å²) in [6.07, 6.45) is -0.374. The first-order valence-electron chi connectivity index (χ1n) is 10.0. The van der Waals surface area contributed by atoms with E-state index in [1.807, 2.05) is 48.5 Å². The quantitative estimate of drug-likeness (QED) is 0.665. The van der Waals surface area contributed by atoms with Gasteiger partial charge in [-0.1, -0.05) is 44.2 Å². The van der Waals surface area contributed by atoms with Gasteiger partial charge >= 0.3 is 5.97 Å². The normalized spacial score (nSPS) is 22.1. The Morgan fingerprint density at radius 3 is 1.80 bits per heavy atom. The van der Waals surface area contributed by atoms with E-state index in [-0.39, 0.29) is 37.0 Å². The average molecular weight is 412 g/mol. The van der Waals surface area contributed by atoms with Crippen LogP contribution in [0.4, 0.5) is 0 Å². The van der Waals surface area contributed by atoms with Gasteiger partial charge in [0, 0.05) is 17.4 Å². The number of aliphatic carboxylic acids is 1. The molecule has 6 nitrogen and oxygen atoms in total. The van der Waals surface area contributed by atoms with Crippen molar-refractivity contribution in [1.29, 1.82) is 0 Å². The second kappa shape index (κ2) is 9.32. The van der Waals surface area contributed by atoms with Crippen molar-refractivity contribution in [3.8, 4) is 11.5 Å². The summed E-state index contributed by atoms with van der Waals surface area (Å²) in [5, 5.41) is 29.7. The molecule has 0 fully saturated rings. The van der Waals surface area contributed by atoms with Crippen LogP contribution >= 0.6 is 0 Å². The summed E-state index contributed by atoms with van der Waals surface area (Å²) in [5.41, 5.74) is 2.02. The summed E-state index contributed by atoms with van der Waals surface area (Å²) >= 11 is 0. The lowest BCUT2D eigenvalue weighted by atomic mass is 9.78. The van der Waals surface area contributed by atoms with Crippen molar-refractivity contribution < 1.29 is 29.6 Å². The predicted molar refractivity (Wildman–Crippen MR) is 113 cm³/mol. The molecule has 3 aliphatic heterocycles. The summed E-state index contributed by atoms with van der Waals surface area (Å²) in [7, 11) is 0. The predicted octanol–water partition coefficient (Wildman–Crippen LogP) is 3.30. The molecule has 4 bridgehead atoms. The smallest absolute Gasteiger partial charge is 0.331 e. The fourth-order valence-electron chi connectivity index (χ4n) is 3.40. The number of rotatable bonds is 1. The van der Waals surface area contributed by atoms with E-state index >= 15 is 0 Å². The first-order chi connectivity index (χ1) is 14.3. The SMILES string of the molecule is CC1(C)c2ccc(cc2)OCC(O)CC=C(C(=O)O)CC(O)COc2ccc1cc2. The second-order valence-corrected chi connectivity index (χ2v) is 8.08. The minimum Gasteiger partial charge on any atom is -0.491 e. The lowest BCUT2D eigenvalue weighted by molar-refractivity contribution is -0.133. The molecule has 160 valence electrons. The number of aliphatic hydroxyl groups excluding tert-OH is 2. The van der Waals surface area contributed by atoms with Crippen LogP contribution in [0.25, 0.3) is 0 Å². The Hall–Kier alpha value is -2.83. The van der Waals surface area contributed by atoms with Gasteiger partial charge in [0.15, 0.2) is 0 Å². The summed E-state index contributed by atoms with van der Waals surface area (Å²) in [5.74, 6) is 0.106. The van der Waals surface area contributed by atoms with Crippen LogP contribution < -0.4 is 9.47 Å². The number of carboxylic acid groups (broad SMARTS) is 1. The van der Waals surface area contributed by atoms with Crippen LogP contribution in [-0.4, -0.2) is 46.7 Å². The Bertz CT molecular complexity index is 883. The number of fused-ring (bicyclic) bond motifs is 2. The Labute approximate surface area is 176 Å². The molecular formula is C24H28O6. The van der Waals surface area contributed by atoms with Gasteiger partial charge in [-0.25, -0.2) is 4.79 Å². The molecule has 0 radical (unpaired) electrons. The maximum atomic E-state index is 11.5. The third kappa shape index (κ3) is 5.40. The molecule has 5 rings (SSSR count). The molecule has 2 atom stereocenters. The molecule has 2 aromatic carbocycles. The lowest BCUT2D eigenvalue weighted by Crippen LogP contribution is -2.21. The van der Waals surface area contributed by atoms with Crippen molar-refractivity contribution >= 4 is 5.97 Å². The first kappa shape index (κ1) is 21.9. The molecule has 2 unspecified atom stereocenters. The molecule has 3 heterocycles. The zero-order valence-electron chi connectivity index (χ0n) is 17.2. The van der Waals surface area contributed by atoms with E-state index in [1.54, 1.807) is 0 Å². The highest BCUT2D eigenvalue weighted by Crippen LogP contribution is 2.33. The minimum absolute atomic E-state index is 0.0276. The van der Waals surface area contributed by atoms with Gasteiger partial charge in [0.25, 0.3) is 0 Å². The van der Waals surface area contributed by atoms with E-state index in [0.717, 1.165) is 11.1 Å². The molecule has 6 heteroatoms. The highest BCUT2D eigenvalue weighted by Gasteiger charge is 2.23. The van der Waals surface area contributed by atoms with Crippen molar-refractivity contribution in [3.63, 3.8) is 0 Å². The number of hydrogen-bond donors (Lipinski definition) is 3. The fraction of sp³-hybridized carbons (Fsp3) is 0.375. The molecule has 0 aromatic heterocycles. The summed E-state index contributed by atoms with van der Waals surface area (Å²) in [4.78, 5) is 11.5. The maximum absolute atomic E-state index is 11.5. The van der Waals surface area contributed by atoms with Crippen LogP contribution in [0.3, 0.4) is 0 Å². The molecule has 0 aliphatic carbocycles. The van der Waals surface area contributed by atoms with Gasteiger partial charge < -0.3 is 24.8 Å². The standard InChI is InChI=1S/C24H28O6/c1-24(2)17-4-9-21(10-5-17)29-14-19(25)8-3-16(23(27)28)13-20(26)15-30-22-11-6-18(24)7-12-22/h3-7,9-12,19-20,25-26H,8,13-15H2,1-2H3,(H,27,28). The molecular weight excluding hydrogens is 384 g/mol. The van der Waals surface area contributed by atoms with E-state index in [2.05, 4.69) is 13.8 Å². The Morgan fingerprint density at radius 1 is 0.867 bits per heavy atom. The number of carbonyl (C=O) groups is 1. The third-order valence-corrected chi connectivity index (χ3v) is 5.40. The van der Waals surface area contributed by atoms with Gasteiger partial charge in [-0.2, -0.15) is 0 Å². The van der Waals surface area contributed by atoms with E-state index in [4.69, 9.17) is 9.47 Å². The van der Waals surface area contributed by atoms with Crippen molar-refractivity contribution in [1.82, 2.24) is 0 Å².